The van der Waals surface area contributed by atoms with Gasteiger partial charge in [0, 0.05) is 6.42 Å². The van der Waals surface area contributed by atoms with Crippen molar-refractivity contribution in [1.29, 1.82) is 0 Å². The molecule has 0 bridgehead atoms. The molecule has 0 saturated carbocycles. The first-order valence-corrected chi connectivity index (χ1v) is 38.3. The highest BCUT2D eigenvalue weighted by Crippen LogP contribution is 2.30. The standard InChI is InChI=1S/C74H145NO13/c1-3-5-7-9-11-13-15-17-19-20-21-22-23-24-25-26-27-28-29-30-31-32-33-34-35-36-37-38-39-40-41-42-43-44-46-48-50-52-54-56-58-66(79)75-62(63(78)57-55-53-51-49-47-45-18-16-14-12-10-8-6-4-2)61-85-73-71(84)69(82)72(65(60-77)87-73)88-74-70(83)68(81)67(80)64(59-76)86-74/h62-65,67-74,76-78,80-84H,3-61H2,1-2H3,(H,75,79). The Morgan fingerprint density at radius 1 is 0.364 bits per heavy atom. The zero-order valence-corrected chi connectivity index (χ0v) is 57.3. The van der Waals surface area contributed by atoms with Gasteiger partial charge in [0.1, 0.15) is 48.8 Å². The maximum Gasteiger partial charge on any atom is 0.220 e. The summed E-state index contributed by atoms with van der Waals surface area (Å²) in [7, 11) is 0. The fourth-order valence-corrected chi connectivity index (χ4v) is 13.2. The molecule has 0 spiro atoms. The van der Waals surface area contributed by atoms with Crippen molar-refractivity contribution in [2.24, 2.45) is 0 Å². The first kappa shape index (κ1) is 83.1. The molecule has 9 N–H and O–H groups in total. The largest absolute Gasteiger partial charge is 0.394 e. The highest BCUT2D eigenvalue weighted by molar-refractivity contribution is 5.76. The predicted molar refractivity (Wildman–Crippen MR) is 360 cm³/mol. The number of rotatable bonds is 65. The first-order chi connectivity index (χ1) is 43.1. The fourth-order valence-electron chi connectivity index (χ4n) is 13.2. The average molecular weight is 1260 g/mol. The summed E-state index contributed by atoms with van der Waals surface area (Å²) in [5.74, 6) is -0.198. The third-order valence-electron chi connectivity index (χ3n) is 19.3. The number of hydrogen-bond acceptors (Lipinski definition) is 13. The van der Waals surface area contributed by atoms with Gasteiger partial charge >= 0.3 is 0 Å². The Bertz CT molecular complexity index is 1480. The van der Waals surface area contributed by atoms with Crippen LogP contribution in [0.3, 0.4) is 0 Å². The van der Waals surface area contributed by atoms with E-state index in [4.69, 9.17) is 18.9 Å². The summed E-state index contributed by atoms with van der Waals surface area (Å²) in [6.07, 6.45) is 56.0. The van der Waals surface area contributed by atoms with E-state index in [1.165, 1.54) is 295 Å². The van der Waals surface area contributed by atoms with Gasteiger partial charge in [0.05, 0.1) is 32.0 Å². The highest BCUT2D eigenvalue weighted by atomic mass is 16.7. The number of unbranched alkanes of at least 4 members (excludes halogenated alkanes) is 52. The molecule has 0 radical (unpaired) electrons. The summed E-state index contributed by atoms with van der Waals surface area (Å²) < 4.78 is 22.9. The summed E-state index contributed by atoms with van der Waals surface area (Å²) in [5, 5.41) is 87.5. The van der Waals surface area contributed by atoms with E-state index in [0.717, 1.165) is 51.4 Å². The minimum Gasteiger partial charge on any atom is -0.394 e. The molecule has 2 saturated heterocycles. The van der Waals surface area contributed by atoms with Crippen molar-refractivity contribution in [2.75, 3.05) is 19.8 Å². The second-order valence-electron chi connectivity index (χ2n) is 27.5. The maximum absolute atomic E-state index is 13.3. The van der Waals surface area contributed by atoms with Gasteiger partial charge in [-0.3, -0.25) is 4.79 Å². The van der Waals surface area contributed by atoms with Crippen LogP contribution in [0.2, 0.25) is 0 Å². The molecule has 2 rings (SSSR count). The molecule has 2 heterocycles. The van der Waals surface area contributed by atoms with Crippen molar-refractivity contribution in [3.8, 4) is 0 Å². The minimum atomic E-state index is -1.78. The Morgan fingerprint density at radius 2 is 0.648 bits per heavy atom. The lowest BCUT2D eigenvalue weighted by Crippen LogP contribution is -2.65. The summed E-state index contributed by atoms with van der Waals surface area (Å²) in [6.45, 7) is 2.92. The van der Waals surface area contributed by atoms with E-state index in [-0.39, 0.29) is 12.5 Å². The molecule has 2 fully saturated rings. The number of ether oxygens (including phenoxy) is 4. The van der Waals surface area contributed by atoms with Gasteiger partial charge in [0.25, 0.3) is 0 Å². The SMILES string of the molecule is CCCCCCCCCCCCCCCCCCCCCCCCCCCCCCCCCCCCCCCCCCC(=O)NC(COC1OC(CO)C(OC2OC(CO)C(O)C(O)C2O)C(O)C1O)C(O)CCCCCCCCCCCCCCCC. The third-order valence-corrected chi connectivity index (χ3v) is 19.3. The number of carbonyl (C=O) groups is 1. The van der Waals surface area contributed by atoms with Gasteiger partial charge in [-0.1, -0.05) is 354 Å². The van der Waals surface area contributed by atoms with Crippen LogP contribution in [0.4, 0.5) is 0 Å². The lowest BCUT2D eigenvalue weighted by Gasteiger charge is -2.46. The van der Waals surface area contributed by atoms with Gasteiger partial charge < -0.3 is 65.1 Å². The van der Waals surface area contributed by atoms with Crippen molar-refractivity contribution in [1.82, 2.24) is 5.32 Å². The van der Waals surface area contributed by atoms with Gasteiger partial charge in [-0.2, -0.15) is 0 Å². The van der Waals surface area contributed by atoms with E-state index in [1.54, 1.807) is 0 Å². The fraction of sp³-hybridized carbons (Fsp3) is 0.986. The highest BCUT2D eigenvalue weighted by Gasteiger charge is 2.51. The molecule has 0 aromatic heterocycles. The number of nitrogens with one attached hydrogen (secondary N) is 1. The molecule has 2 aliphatic heterocycles. The molecule has 14 heteroatoms. The maximum atomic E-state index is 13.3. The molecule has 0 aromatic rings. The zero-order valence-electron chi connectivity index (χ0n) is 57.3. The van der Waals surface area contributed by atoms with Crippen LogP contribution in [0.5, 0.6) is 0 Å². The van der Waals surface area contributed by atoms with Crippen LogP contribution in [0.25, 0.3) is 0 Å². The molecule has 88 heavy (non-hydrogen) atoms. The molecule has 524 valence electrons. The molecule has 0 aromatic carbocycles. The molecule has 12 atom stereocenters. The van der Waals surface area contributed by atoms with Crippen molar-refractivity contribution in [3.63, 3.8) is 0 Å². The van der Waals surface area contributed by atoms with Crippen LogP contribution in [0.15, 0.2) is 0 Å². The van der Waals surface area contributed by atoms with Crippen LogP contribution >= 0.6 is 0 Å². The zero-order chi connectivity index (χ0) is 63.8. The summed E-state index contributed by atoms with van der Waals surface area (Å²) >= 11 is 0. The Hall–Kier alpha value is -1.01. The topological polar surface area (TPSA) is 228 Å². The van der Waals surface area contributed by atoms with Crippen molar-refractivity contribution >= 4 is 5.91 Å². The van der Waals surface area contributed by atoms with Crippen molar-refractivity contribution < 1.29 is 64.6 Å². The van der Waals surface area contributed by atoms with E-state index in [2.05, 4.69) is 19.2 Å². The van der Waals surface area contributed by atoms with Crippen LogP contribution in [-0.4, -0.2) is 140 Å². The summed E-state index contributed by atoms with van der Waals surface area (Å²) in [5.41, 5.74) is 0. The van der Waals surface area contributed by atoms with Crippen LogP contribution in [0.1, 0.15) is 373 Å². The van der Waals surface area contributed by atoms with E-state index >= 15 is 0 Å². The number of aliphatic hydroxyl groups is 8. The van der Waals surface area contributed by atoms with Gasteiger partial charge in [-0.25, -0.2) is 0 Å². The van der Waals surface area contributed by atoms with E-state index in [1.807, 2.05) is 0 Å². The monoisotopic (exact) mass is 1260 g/mol. The normalized spacial score (nSPS) is 23.0. The summed E-state index contributed by atoms with van der Waals surface area (Å²) in [6, 6.07) is -0.823. The van der Waals surface area contributed by atoms with Gasteiger partial charge in [-0.15, -0.1) is 0 Å². The first-order valence-electron chi connectivity index (χ1n) is 38.3. The second-order valence-corrected chi connectivity index (χ2v) is 27.5. The minimum absolute atomic E-state index is 0.198. The number of amides is 1. The Morgan fingerprint density at radius 3 is 0.966 bits per heavy atom. The average Bonchev–Trinajstić information content (AvgIpc) is 3.73. The van der Waals surface area contributed by atoms with Gasteiger partial charge in [0.2, 0.25) is 5.91 Å². The Balaban J connectivity index is 1.51. The van der Waals surface area contributed by atoms with Gasteiger partial charge in [0.15, 0.2) is 12.6 Å². The second kappa shape index (κ2) is 59.7. The lowest BCUT2D eigenvalue weighted by molar-refractivity contribution is -0.359. The molecule has 14 nitrogen and oxygen atoms in total. The smallest absolute Gasteiger partial charge is 0.220 e. The number of hydrogen-bond donors (Lipinski definition) is 9. The Kier molecular flexibility index (Phi) is 56.4. The van der Waals surface area contributed by atoms with Crippen LogP contribution < -0.4 is 5.32 Å². The van der Waals surface area contributed by atoms with Crippen LogP contribution in [-0.2, 0) is 23.7 Å². The quantitative estimate of drug-likeness (QED) is 0.0259. The van der Waals surface area contributed by atoms with E-state index in [0.29, 0.717) is 12.8 Å². The molecule has 12 unspecified atom stereocenters. The predicted octanol–water partition coefficient (Wildman–Crippen LogP) is 16.4. The van der Waals surface area contributed by atoms with Crippen molar-refractivity contribution in [2.45, 2.75) is 447 Å². The number of carbonyl (C=O) groups excluding carboxylic acids is 1. The Labute approximate surface area is 540 Å². The summed E-state index contributed by atoms with van der Waals surface area (Å²) in [4.78, 5) is 13.3. The van der Waals surface area contributed by atoms with Gasteiger partial charge in [-0.05, 0) is 12.8 Å². The van der Waals surface area contributed by atoms with E-state index < -0.39 is 86.8 Å². The third kappa shape index (κ3) is 43.1. The van der Waals surface area contributed by atoms with E-state index in [9.17, 15) is 45.6 Å². The molecular formula is C74H145NO13. The van der Waals surface area contributed by atoms with Crippen molar-refractivity contribution in [3.05, 3.63) is 0 Å². The molecule has 1 amide bonds. The molecule has 0 aliphatic carbocycles. The van der Waals surface area contributed by atoms with Crippen LogP contribution in [0, 0.1) is 0 Å². The lowest BCUT2D eigenvalue weighted by atomic mass is 9.97. The number of aliphatic hydroxyl groups excluding tert-OH is 8. The molecular weight excluding hydrogens is 1110 g/mol. The molecule has 2 aliphatic rings.